The van der Waals surface area contributed by atoms with Gasteiger partial charge in [-0.2, -0.15) is 5.26 Å². The number of rotatable bonds is 3. The van der Waals surface area contributed by atoms with Gasteiger partial charge in [-0.1, -0.05) is 0 Å². The minimum atomic E-state index is -4.91. The number of ether oxygens (including phenoxy) is 2. The van der Waals surface area contributed by atoms with Gasteiger partial charge < -0.3 is 9.47 Å². The number of benzene rings is 1. The van der Waals surface area contributed by atoms with Gasteiger partial charge in [-0.25, -0.2) is 0 Å². The second kappa shape index (κ2) is 5.93. The lowest BCUT2D eigenvalue weighted by molar-refractivity contribution is -0.274. The van der Waals surface area contributed by atoms with Crippen LogP contribution < -0.4 is 4.74 Å². The van der Waals surface area contributed by atoms with Crippen LogP contribution in [0.25, 0.3) is 0 Å². The number of nitriles is 1. The predicted molar refractivity (Wildman–Crippen MR) is 61.3 cm³/mol. The van der Waals surface area contributed by atoms with E-state index in [9.17, 15) is 18.0 Å². The zero-order valence-electron chi connectivity index (χ0n) is 9.55. The number of carbonyl (C=O) groups is 1. The Labute approximate surface area is 114 Å². The van der Waals surface area contributed by atoms with Crippen molar-refractivity contribution in [1.29, 1.82) is 5.26 Å². The molecule has 0 aliphatic heterocycles. The zero-order chi connectivity index (χ0) is 14.6. The van der Waals surface area contributed by atoms with Gasteiger partial charge in [0.2, 0.25) is 0 Å². The van der Waals surface area contributed by atoms with E-state index in [0.29, 0.717) is 0 Å². The number of hydrogen-bond acceptors (Lipinski definition) is 4. The molecule has 0 aromatic heterocycles. The van der Waals surface area contributed by atoms with Crippen LogP contribution in [0.2, 0.25) is 0 Å². The predicted octanol–water partition coefficient (Wildman–Crippen LogP) is 2.93. The Bertz CT molecular complexity index is 537. The number of hydrogen-bond donors (Lipinski definition) is 0. The highest BCUT2D eigenvalue weighted by Crippen LogP contribution is 2.32. The van der Waals surface area contributed by atoms with Crippen molar-refractivity contribution in [2.24, 2.45) is 0 Å². The molecule has 0 spiro atoms. The number of alkyl halides is 3. The van der Waals surface area contributed by atoms with Crippen molar-refractivity contribution in [3.8, 4) is 11.8 Å². The van der Waals surface area contributed by atoms with Crippen LogP contribution >= 0.6 is 15.9 Å². The van der Waals surface area contributed by atoms with Gasteiger partial charge in [0, 0.05) is 10.0 Å². The van der Waals surface area contributed by atoms with Gasteiger partial charge in [-0.3, -0.25) is 4.79 Å². The smallest absolute Gasteiger partial charge is 0.469 e. The molecule has 19 heavy (non-hydrogen) atoms. The first-order valence-corrected chi connectivity index (χ1v) is 5.62. The van der Waals surface area contributed by atoms with E-state index in [1.165, 1.54) is 6.07 Å². The van der Waals surface area contributed by atoms with Crippen molar-refractivity contribution < 1.29 is 27.4 Å². The van der Waals surface area contributed by atoms with Crippen molar-refractivity contribution in [3.05, 3.63) is 27.7 Å². The van der Waals surface area contributed by atoms with Crippen LogP contribution in [0.15, 0.2) is 16.6 Å². The number of esters is 1. The molecule has 0 bridgehead atoms. The minimum Gasteiger partial charge on any atom is -0.469 e. The molecule has 0 unspecified atom stereocenters. The van der Waals surface area contributed by atoms with Crippen LogP contribution in [0.1, 0.15) is 11.1 Å². The Hall–Kier alpha value is -1.75. The summed E-state index contributed by atoms with van der Waals surface area (Å²) < 4.78 is 45.2. The average molecular weight is 338 g/mol. The van der Waals surface area contributed by atoms with Crippen molar-refractivity contribution in [1.82, 2.24) is 0 Å². The summed E-state index contributed by atoms with van der Waals surface area (Å²) in [7, 11) is 1.09. The van der Waals surface area contributed by atoms with E-state index < -0.39 is 24.5 Å². The molecule has 1 aromatic rings. The maximum Gasteiger partial charge on any atom is 0.573 e. The third kappa shape index (κ3) is 4.13. The largest absolute Gasteiger partial charge is 0.573 e. The normalized spacial score (nSPS) is 10.7. The minimum absolute atomic E-state index is 0.104. The van der Waals surface area contributed by atoms with Crippen LogP contribution in [-0.4, -0.2) is 19.4 Å². The molecule has 102 valence electrons. The molecule has 0 radical (unpaired) electrons. The average Bonchev–Trinajstić information content (AvgIpc) is 2.31. The summed E-state index contributed by atoms with van der Waals surface area (Å²) in [4.78, 5) is 11.2. The van der Waals surface area contributed by atoms with Crippen LogP contribution in [-0.2, 0) is 16.0 Å². The fourth-order valence-corrected chi connectivity index (χ4v) is 1.79. The summed E-state index contributed by atoms with van der Waals surface area (Å²) in [5.41, 5.74) is -0.284. The van der Waals surface area contributed by atoms with E-state index in [4.69, 9.17) is 5.26 Å². The fourth-order valence-electron chi connectivity index (χ4n) is 1.33. The third-order valence-electron chi connectivity index (χ3n) is 2.11. The van der Waals surface area contributed by atoms with Crippen LogP contribution in [0.3, 0.4) is 0 Å². The van der Waals surface area contributed by atoms with Gasteiger partial charge in [0.25, 0.3) is 0 Å². The number of halogens is 4. The maximum absolute atomic E-state index is 12.2. The summed E-state index contributed by atoms with van der Waals surface area (Å²) in [6, 6.07) is 3.98. The summed E-state index contributed by atoms with van der Waals surface area (Å²) in [5, 5.41) is 8.94. The first-order valence-electron chi connectivity index (χ1n) is 4.82. The molecular weight excluding hydrogens is 331 g/mol. The van der Waals surface area contributed by atoms with Crippen LogP contribution in [0, 0.1) is 11.3 Å². The molecule has 1 aromatic carbocycles. The van der Waals surface area contributed by atoms with Crippen molar-refractivity contribution in [2.75, 3.05) is 7.11 Å². The monoisotopic (exact) mass is 337 g/mol. The SMILES string of the molecule is COC(=O)Cc1c(OC(F)(F)F)ccc(Br)c1C#N. The van der Waals surface area contributed by atoms with Gasteiger partial charge in [0.05, 0.1) is 19.1 Å². The van der Waals surface area contributed by atoms with Gasteiger partial charge >= 0.3 is 12.3 Å². The van der Waals surface area contributed by atoms with Crippen molar-refractivity contribution in [3.63, 3.8) is 0 Å². The molecule has 8 heteroatoms. The van der Waals surface area contributed by atoms with Gasteiger partial charge in [0.1, 0.15) is 11.8 Å². The van der Waals surface area contributed by atoms with Crippen molar-refractivity contribution >= 4 is 21.9 Å². The summed E-state index contributed by atoms with van der Waals surface area (Å²) in [6.45, 7) is 0. The Balaban J connectivity index is 3.31. The van der Waals surface area contributed by atoms with Crippen LogP contribution in [0.4, 0.5) is 13.2 Å². The molecule has 0 aliphatic rings. The van der Waals surface area contributed by atoms with E-state index in [1.54, 1.807) is 6.07 Å². The zero-order valence-corrected chi connectivity index (χ0v) is 11.1. The summed E-state index contributed by atoms with van der Waals surface area (Å²) in [5.74, 6) is -1.38. The molecule has 0 amide bonds. The fraction of sp³-hybridized carbons (Fsp3) is 0.273. The molecule has 0 fully saturated rings. The van der Waals surface area contributed by atoms with Crippen LogP contribution in [0.5, 0.6) is 5.75 Å². The van der Waals surface area contributed by atoms with E-state index in [1.807, 2.05) is 0 Å². The summed E-state index contributed by atoms with van der Waals surface area (Å²) >= 11 is 3.02. The van der Waals surface area contributed by atoms with E-state index in [0.717, 1.165) is 13.2 Å². The quantitative estimate of drug-likeness (QED) is 0.795. The Kier molecular flexibility index (Phi) is 4.78. The third-order valence-corrected chi connectivity index (χ3v) is 2.77. The lowest BCUT2D eigenvalue weighted by Crippen LogP contribution is -2.19. The van der Waals surface area contributed by atoms with Gasteiger partial charge in [0.15, 0.2) is 0 Å². The van der Waals surface area contributed by atoms with Crippen molar-refractivity contribution in [2.45, 2.75) is 12.8 Å². The number of carbonyl (C=O) groups excluding carboxylic acids is 1. The molecule has 0 saturated heterocycles. The lowest BCUT2D eigenvalue weighted by atomic mass is 10.0. The second-order valence-electron chi connectivity index (χ2n) is 3.31. The maximum atomic E-state index is 12.2. The van der Waals surface area contributed by atoms with E-state index in [-0.39, 0.29) is 15.6 Å². The molecule has 1 rings (SSSR count). The highest BCUT2D eigenvalue weighted by atomic mass is 79.9. The molecule has 0 N–H and O–H groups in total. The number of methoxy groups -OCH3 is 1. The van der Waals surface area contributed by atoms with E-state index >= 15 is 0 Å². The Morgan fingerprint density at radius 1 is 1.47 bits per heavy atom. The van der Waals surface area contributed by atoms with Gasteiger partial charge in [-0.15, -0.1) is 13.2 Å². The lowest BCUT2D eigenvalue weighted by Gasteiger charge is -2.14. The second-order valence-corrected chi connectivity index (χ2v) is 4.17. The number of nitrogens with zero attached hydrogens (tertiary/aromatic N) is 1. The van der Waals surface area contributed by atoms with E-state index in [2.05, 4.69) is 25.4 Å². The van der Waals surface area contributed by atoms with Gasteiger partial charge in [-0.05, 0) is 28.1 Å². The standard InChI is InChI=1S/C11H7BrF3NO3/c1-18-10(17)4-6-7(5-16)8(12)2-3-9(6)19-11(13,14)15/h2-3H,4H2,1H3. The molecule has 0 saturated carbocycles. The highest BCUT2D eigenvalue weighted by molar-refractivity contribution is 9.10. The first-order chi connectivity index (χ1) is 8.78. The summed E-state index contributed by atoms with van der Waals surface area (Å²) in [6.07, 6.45) is -5.41. The molecule has 4 nitrogen and oxygen atoms in total. The topological polar surface area (TPSA) is 59.3 Å². The highest BCUT2D eigenvalue weighted by Gasteiger charge is 2.33. The Morgan fingerprint density at radius 3 is 2.58 bits per heavy atom. The Morgan fingerprint density at radius 2 is 2.11 bits per heavy atom. The molecule has 0 atom stereocenters. The first kappa shape index (κ1) is 15.3. The molecule has 0 heterocycles. The molecular formula is C11H7BrF3NO3. The molecule has 0 aliphatic carbocycles.